The molecule has 21 heavy (non-hydrogen) atoms. The third-order valence-corrected chi connectivity index (χ3v) is 4.39. The fraction of sp³-hybridized carbons (Fsp3) is 0.357. The van der Waals surface area contributed by atoms with Gasteiger partial charge in [0.25, 0.3) is 0 Å². The molecule has 0 saturated carbocycles. The summed E-state index contributed by atoms with van der Waals surface area (Å²) >= 11 is 1.37. The largest absolute Gasteiger partial charge is 0.343 e. The number of aromatic nitrogens is 3. The first-order chi connectivity index (χ1) is 10.1. The van der Waals surface area contributed by atoms with Crippen molar-refractivity contribution < 1.29 is 0 Å². The van der Waals surface area contributed by atoms with Gasteiger partial charge in [0, 0.05) is 12.8 Å². The quantitative estimate of drug-likeness (QED) is 0.784. The molecular formula is C14H17N5OS. The first-order valence-electron chi connectivity index (χ1n) is 6.59. The van der Waals surface area contributed by atoms with Crippen molar-refractivity contribution in [3.05, 3.63) is 46.4 Å². The van der Waals surface area contributed by atoms with Gasteiger partial charge in [-0.05, 0) is 12.1 Å². The molecule has 2 rings (SSSR count). The van der Waals surface area contributed by atoms with Gasteiger partial charge >= 0.3 is 5.69 Å². The summed E-state index contributed by atoms with van der Waals surface area (Å²) in [6, 6.07) is 12.0. The SMILES string of the molecule is CCNC(C#N)(CSc1n[nH]c(=O)n1C)c1ccccc1. The van der Waals surface area contributed by atoms with Crippen molar-refractivity contribution >= 4 is 11.8 Å². The lowest BCUT2D eigenvalue weighted by molar-refractivity contribution is 0.489. The van der Waals surface area contributed by atoms with Gasteiger partial charge in [-0.25, -0.2) is 9.89 Å². The molecule has 0 fully saturated rings. The van der Waals surface area contributed by atoms with Gasteiger partial charge in [0.2, 0.25) is 0 Å². The zero-order valence-electron chi connectivity index (χ0n) is 12.0. The second kappa shape index (κ2) is 6.61. The minimum atomic E-state index is -0.810. The third-order valence-electron chi connectivity index (χ3n) is 3.19. The first-order valence-corrected chi connectivity index (χ1v) is 7.57. The molecule has 7 heteroatoms. The smallest absolute Gasteiger partial charge is 0.295 e. The second-order valence-corrected chi connectivity index (χ2v) is 5.52. The lowest BCUT2D eigenvalue weighted by atomic mass is 9.93. The highest BCUT2D eigenvalue weighted by atomic mass is 32.2. The predicted molar refractivity (Wildman–Crippen MR) is 82.0 cm³/mol. The molecule has 1 heterocycles. The molecule has 1 atom stereocenters. The normalized spacial score (nSPS) is 13.6. The molecule has 0 bridgehead atoms. The van der Waals surface area contributed by atoms with Crippen LogP contribution in [0, 0.1) is 11.3 Å². The van der Waals surface area contributed by atoms with Crippen LogP contribution in [0.2, 0.25) is 0 Å². The van der Waals surface area contributed by atoms with Gasteiger partial charge in [-0.3, -0.25) is 9.88 Å². The van der Waals surface area contributed by atoms with Crippen LogP contribution >= 0.6 is 11.8 Å². The average Bonchev–Trinajstić information content (AvgIpc) is 2.84. The first kappa shape index (κ1) is 15.4. The summed E-state index contributed by atoms with van der Waals surface area (Å²) in [4.78, 5) is 11.4. The van der Waals surface area contributed by atoms with Crippen LogP contribution in [-0.4, -0.2) is 27.1 Å². The highest BCUT2D eigenvalue weighted by molar-refractivity contribution is 7.99. The van der Waals surface area contributed by atoms with E-state index in [0.717, 1.165) is 5.56 Å². The highest BCUT2D eigenvalue weighted by Crippen LogP contribution is 2.28. The monoisotopic (exact) mass is 303 g/mol. The molecule has 1 unspecified atom stereocenters. The zero-order chi connectivity index (χ0) is 15.3. The van der Waals surface area contributed by atoms with E-state index in [1.54, 1.807) is 7.05 Å². The fourth-order valence-corrected chi connectivity index (χ4v) is 3.10. The third kappa shape index (κ3) is 3.17. The lowest BCUT2D eigenvalue weighted by Crippen LogP contribution is -2.43. The van der Waals surface area contributed by atoms with Crippen molar-refractivity contribution in [2.75, 3.05) is 12.3 Å². The maximum atomic E-state index is 11.4. The summed E-state index contributed by atoms with van der Waals surface area (Å²) in [5.74, 6) is 0.458. The Bertz CT molecular complexity index is 687. The number of hydrogen-bond donors (Lipinski definition) is 2. The summed E-state index contributed by atoms with van der Waals surface area (Å²) in [5.41, 5.74) is -0.166. The lowest BCUT2D eigenvalue weighted by Gasteiger charge is -2.27. The van der Waals surface area contributed by atoms with Crippen LogP contribution in [0.15, 0.2) is 40.3 Å². The number of thioether (sulfide) groups is 1. The summed E-state index contributed by atoms with van der Waals surface area (Å²) in [6.45, 7) is 2.63. The number of rotatable bonds is 6. The average molecular weight is 303 g/mol. The Morgan fingerprint density at radius 1 is 1.48 bits per heavy atom. The van der Waals surface area contributed by atoms with E-state index in [9.17, 15) is 10.1 Å². The van der Waals surface area contributed by atoms with Gasteiger partial charge < -0.3 is 0 Å². The van der Waals surface area contributed by atoms with Crippen LogP contribution in [-0.2, 0) is 12.6 Å². The molecule has 2 N–H and O–H groups in total. The maximum absolute atomic E-state index is 11.4. The Hall–Kier alpha value is -2.04. The number of nitrogens with zero attached hydrogens (tertiary/aromatic N) is 3. The molecule has 1 aromatic heterocycles. The van der Waals surface area contributed by atoms with Gasteiger partial charge in [-0.2, -0.15) is 5.26 Å². The Morgan fingerprint density at radius 3 is 2.71 bits per heavy atom. The highest BCUT2D eigenvalue weighted by Gasteiger charge is 2.32. The van der Waals surface area contributed by atoms with E-state index in [0.29, 0.717) is 17.5 Å². The summed E-state index contributed by atoms with van der Waals surface area (Å²) in [7, 11) is 1.65. The molecule has 1 aromatic carbocycles. The van der Waals surface area contributed by atoms with E-state index in [1.165, 1.54) is 16.3 Å². The van der Waals surface area contributed by atoms with Gasteiger partial charge in [0.1, 0.15) is 5.54 Å². The number of hydrogen-bond acceptors (Lipinski definition) is 5. The number of nitriles is 1. The van der Waals surface area contributed by atoms with Gasteiger partial charge in [0.05, 0.1) is 6.07 Å². The number of aromatic amines is 1. The van der Waals surface area contributed by atoms with Crippen LogP contribution in [0.5, 0.6) is 0 Å². The van der Waals surface area contributed by atoms with E-state index in [2.05, 4.69) is 21.6 Å². The van der Waals surface area contributed by atoms with Crippen LogP contribution in [0.1, 0.15) is 12.5 Å². The molecule has 0 aliphatic carbocycles. The van der Waals surface area contributed by atoms with Crippen molar-refractivity contribution in [1.29, 1.82) is 5.26 Å². The minimum absolute atomic E-state index is 0.261. The van der Waals surface area contributed by atoms with Crippen LogP contribution < -0.4 is 11.0 Å². The Kier molecular flexibility index (Phi) is 4.83. The Labute approximate surface area is 127 Å². The van der Waals surface area contributed by atoms with Gasteiger partial charge in [0.15, 0.2) is 5.16 Å². The molecule has 0 saturated heterocycles. The summed E-state index contributed by atoms with van der Waals surface area (Å²) < 4.78 is 1.43. The Morgan fingerprint density at radius 2 is 2.19 bits per heavy atom. The molecule has 0 aliphatic heterocycles. The summed E-state index contributed by atoms with van der Waals surface area (Å²) in [5, 5.41) is 19.9. The topological polar surface area (TPSA) is 86.5 Å². The van der Waals surface area contributed by atoms with Crippen molar-refractivity contribution in [1.82, 2.24) is 20.1 Å². The zero-order valence-corrected chi connectivity index (χ0v) is 12.8. The predicted octanol–water partition coefficient (Wildman–Crippen LogP) is 1.23. The maximum Gasteiger partial charge on any atom is 0.343 e. The van der Waals surface area contributed by atoms with E-state index >= 15 is 0 Å². The van der Waals surface area contributed by atoms with Gasteiger partial charge in [-0.15, -0.1) is 5.10 Å². The molecule has 0 spiro atoms. The van der Waals surface area contributed by atoms with E-state index in [-0.39, 0.29) is 5.69 Å². The Balaban J connectivity index is 2.27. The standard InChI is InChI=1S/C14H17N5OS/c1-3-16-14(9-15,11-7-5-4-6-8-11)10-21-13-18-17-12(20)19(13)2/h4-8,16H,3,10H2,1-2H3,(H,17,20). The molecule has 0 radical (unpaired) electrons. The summed E-state index contributed by atoms with van der Waals surface area (Å²) in [6.07, 6.45) is 0. The van der Waals surface area contributed by atoms with E-state index in [1.807, 2.05) is 37.3 Å². The van der Waals surface area contributed by atoms with Crippen molar-refractivity contribution in [2.24, 2.45) is 7.05 Å². The fourth-order valence-electron chi connectivity index (χ4n) is 2.03. The van der Waals surface area contributed by atoms with Gasteiger partial charge in [-0.1, -0.05) is 49.0 Å². The molecule has 2 aromatic rings. The number of nitrogens with one attached hydrogen (secondary N) is 2. The molecular weight excluding hydrogens is 286 g/mol. The van der Waals surface area contributed by atoms with Crippen molar-refractivity contribution in [2.45, 2.75) is 17.6 Å². The van der Waals surface area contributed by atoms with E-state index < -0.39 is 5.54 Å². The van der Waals surface area contributed by atoms with Crippen molar-refractivity contribution in [3.63, 3.8) is 0 Å². The number of H-pyrrole nitrogens is 1. The van der Waals surface area contributed by atoms with Crippen LogP contribution in [0.25, 0.3) is 0 Å². The molecule has 0 amide bonds. The van der Waals surface area contributed by atoms with E-state index in [4.69, 9.17) is 0 Å². The van der Waals surface area contributed by atoms with Crippen molar-refractivity contribution in [3.8, 4) is 6.07 Å². The van der Waals surface area contributed by atoms with Crippen LogP contribution in [0.4, 0.5) is 0 Å². The molecule has 110 valence electrons. The van der Waals surface area contributed by atoms with Crippen LogP contribution in [0.3, 0.4) is 0 Å². The number of benzene rings is 1. The second-order valence-electron chi connectivity index (χ2n) is 4.57. The molecule has 0 aliphatic rings. The minimum Gasteiger partial charge on any atom is -0.295 e. The molecule has 6 nitrogen and oxygen atoms in total.